The summed E-state index contributed by atoms with van der Waals surface area (Å²) in [5, 5.41) is 0.294. The Morgan fingerprint density at radius 2 is 1.93 bits per heavy atom. The monoisotopic (exact) mass is 223 g/mol. The fraction of sp³-hybridized carbons (Fsp3) is 0.333. The first-order valence-electron chi connectivity index (χ1n) is 3.91. The third-order valence-corrected chi connectivity index (χ3v) is 2.41. The van der Waals surface area contributed by atoms with Crippen molar-refractivity contribution in [2.75, 3.05) is 0 Å². The zero-order valence-electron chi connectivity index (χ0n) is 7.40. The average molecular weight is 224 g/mol. The second kappa shape index (κ2) is 3.79. The molecule has 0 saturated heterocycles. The summed E-state index contributed by atoms with van der Waals surface area (Å²) in [6.07, 6.45) is -4.44. The van der Waals surface area contributed by atoms with Crippen molar-refractivity contribution in [2.24, 2.45) is 5.73 Å². The lowest BCUT2D eigenvalue weighted by molar-refractivity contribution is -0.149. The Labute approximate surface area is 84.7 Å². The number of hydrogen-bond donors (Lipinski definition) is 1. The number of benzene rings is 1. The molecule has 0 spiro atoms. The molecule has 0 heterocycles. The number of halogens is 4. The molecular formula is C9H9ClF3N. The lowest BCUT2D eigenvalue weighted by Gasteiger charge is -2.18. The van der Waals surface area contributed by atoms with Crippen LogP contribution < -0.4 is 5.73 Å². The number of nitrogens with two attached hydrogens (primary N) is 1. The topological polar surface area (TPSA) is 26.0 Å². The lowest BCUT2D eigenvalue weighted by atomic mass is 10.0. The second-order valence-corrected chi connectivity index (χ2v) is 3.38. The Bertz CT molecular complexity index is 335. The molecule has 0 aliphatic carbocycles. The highest BCUT2D eigenvalue weighted by Crippen LogP contribution is 2.33. The number of rotatable bonds is 1. The molecule has 5 heteroatoms. The van der Waals surface area contributed by atoms with E-state index in [2.05, 4.69) is 0 Å². The van der Waals surface area contributed by atoms with E-state index in [1.54, 1.807) is 0 Å². The van der Waals surface area contributed by atoms with Gasteiger partial charge in [0.15, 0.2) is 0 Å². The maximum Gasteiger partial charge on any atom is 0.407 e. The molecule has 78 valence electrons. The Balaban J connectivity index is 3.14. The maximum atomic E-state index is 12.3. The van der Waals surface area contributed by atoms with E-state index in [4.69, 9.17) is 17.3 Å². The third-order valence-electron chi connectivity index (χ3n) is 2.00. The molecule has 0 fully saturated rings. The molecule has 1 aromatic rings. The van der Waals surface area contributed by atoms with Crippen LogP contribution in [0.4, 0.5) is 13.2 Å². The minimum absolute atomic E-state index is 0.0185. The molecule has 1 rings (SSSR count). The predicted octanol–water partition coefficient (Wildman–Crippen LogP) is 3.21. The van der Waals surface area contributed by atoms with E-state index in [0.717, 1.165) is 0 Å². The van der Waals surface area contributed by atoms with E-state index >= 15 is 0 Å². The molecule has 0 aliphatic heterocycles. The van der Waals surface area contributed by atoms with Crippen molar-refractivity contribution in [3.63, 3.8) is 0 Å². The molecule has 0 saturated carbocycles. The summed E-state index contributed by atoms with van der Waals surface area (Å²) in [5.74, 6) is 0. The Kier molecular flexibility index (Phi) is 3.07. The van der Waals surface area contributed by atoms with E-state index in [-0.39, 0.29) is 5.56 Å². The van der Waals surface area contributed by atoms with Crippen LogP contribution in [0, 0.1) is 6.92 Å². The van der Waals surface area contributed by atoms with Crippen molar-refractivity contribution in [1.82, 2.24) is 0 Å². The van der Waals surface area contributed by atoms with Gasteiger partial charge in [-0.3, -0.25) is 0 Å². The summed E-state index contributed by atoms with van der Waals surface area (Å²) in [4.78, 5) is 0. The minimum atomic E-state index is -4.44. The highest BCUT2D eigenvalue weighted by Gasteiger charge is 2.38. The van der Waals surface area contributed by atoms with Gasteiger partial charge in [-0.05, 0) is 24.1 Å². The standard InChI is InChI=1S/C9H9ClF3N/c1-5-6(3-2-4-7(5)10)8(14)9(11,12)13/h2-4,8H,14H2,1H3/t8-/m1/s1. The lowest BCUT2D eigenvalue weighted by Crippen LogP contribution is -2.29. The van der Waals surface area contributed by atoms with Gasteiger partial charge in [-0.2, -0.15) is 13.2 Å². The van der Waals surface area contributed by atoms with Gasteiger partial charge in [0.25, 0.3) is 0 Å². The van der Waals surface area contributed by atoms with Crippen molar-refractivity contribution in [1.29, 1.82) is 0 Å². The number of hydrogen-bond acceptors (Lipinski definition) is 1. The second-order valence-electron chi connectivity index (χ2n) is 2.97. The molecule has 1 atom stereocenters. The summed E-state index contributed by atoms with van der Waals surface area (Å²) in [5.41, 5.74) is 5.45. The summed E-state index contributed by atoms with van der Waals surface area (Å²) < 4.78 is 36.8. The van der Waals surface area contributed by atoms with Crippen molar-refractivity contribution < 1.29 is 13.2 Å². The van der Waals surface area contributed by atoms with Gasteiger partial charge in [-0.15, -0.1) is 0 Å². The van der Waals surface area contributed by atoms with Crippen LogP contribution in [-0.4, -0.2) is 6.18 Å². The van der Waals surface area contributed by atoms with E-state index in [1.165, 1.54) is 25.1 Å². The van der Waals surface area contributed by atoms with Gasteiger partial charge in [-0.25, -0.2) is 0 Å². The van der Waals surface area contributed by atoms with Crippen LogP contribution in [0.5, 0.6) is 0 Å². The van der Waals surface area contributed by atoms with E-state index < -0.39 is 12.2 Å². The van der Waals surface area contributed by atoms with Gasteiger partial charge in [-0.1, -0.05) is 23.7 Å². The van der Waals surface area contributed by atoms with Gasteiger partial charge < -0.3 is 5.73 Å². The molecule has 2 N–H and O–H groups in total. The van der Waals surface area contributed by atoms with Crippen LogP contribution in [0.15, 0.2) is 18.2 Å². The Morgan fingerprint density at radius 3 is 2.43 bits per heavy atom. The number of alkyl halides is 3. The maximum absolute atomic E-state index is 12.3. The van der Waals surface area contributed by atoms with Gasteiger partial charge in [0, 0.05) is 5.02 Å². The highest BCUT2D eigenvalue weighted by atomic mass is 35.5. The molecule has 0 bridgehead atoms. The van der Waals surface area contributed by atoms with Gasteiger partial charge in [0.2, 0.25) is 0 Å². The first-order chi connectivity index (χ1) is 6.34. The smallest absolute Gasteiger partial charge is 0.316 e. The van der Waals surface area contributed by atoms with Gasteiger partial charge in [0.1, 0.15) is 6.04 Å². The fourth-order valence-corrected chi connectivity index (χ4v) is 1.32. The summed E-state index contributed by atoms with van der Waals surface area (Å²) >= 11 is 5.69. The average Bonchev–Trinajstić information content (AvgIpc) is 2.07. The quantitative estimate of drug-likeness (QED) is 0.777. The van der Waals surface area contributed by atoms with Crippen LogP contribution in [0.3, 0.4) is 0 Å². The van der Waals surface area contributed by atoms with Gasteiger partial charge >= 0.3 is 6.18 Å². The zero-order chi connectivity index (χ0) is 10.9. The minimum Gasteiger partial charge on any atom is -0.316 e. The SMILES string of the molecule is Cc1c(Cl)cccc1[C@@H](N)C(F)(F)F. The van der Waals surface area contributed by atoms with Crippen LogP contribution >= 0.6 is 11.6 Å². The molecular weight excluding hydrogens is 215 g/mol. The zero-order valence-corrected chi connectivity index (χ0v) is 8.15. The largest absolute Gasteiger partial charge is 0.407 e. The Hall–Kier alpha value is -0.740. The van der Waals surface area contributed by atoms with Crippen LogP contribution in [0.25, 0.3) is 0 Å². The summed E-state index contributed by atoms with van der Waals surface area (Å²) in [6, 6.07) is 2.35. The molecule has 1 aromatic carbocycles. The predicted molar refractivity (Wildman–Crippen MR) is 49.2 cm³/mol. The molecule has 14 heavy (non-hydrogen) atoms. The first-order valence-corrected chi connectivity index (χ1v) is 4.29. The van der Waals surface area contributed by atoms with E-state index in [0.29, 0.717) is 10.6 Å². The molecule has 0 aromatic heterocycles. The van der Waals surface area contributed by atoms with Crippen LogP contribution in [0.2, 0.25) is 5.02 Å². The van der Waals surface area contributed by atoms with E-state index in [1.807, 2.05) is 0 Å². The Morgan fingerprint density at radius 1 is 1.36 bits per heavy atom. The van der Waals surface area contributed by atoms with Crippen molar-refractivity contribution in [2.45, 2.75) is 19.1 Å². The normalized spacial score (nSPS) is 14.1. The summed E-state index contributed by atoms with van der Waals surface area (Å²) in [7, 11) is 0. The molecule has 0 amide bonds. The molecule has 0 unspecified atom stereocenters. The van der Waals surface area contributed by atoms with Crippen LogP contribution in [0.1, 0.15) is 17.2 Å². The van der Waals surface area contributed by atoms with Crippen molar-refractivity contribution >= 4 is 11.6 Å². The fourth-order valence-electron chi connectivity index (χ4n) is 1.14. The molecule has 0 radical (unpaired) electrons. The molecule has 1 nitrogen and oxygen atoms in total. The first kappa shape index (κ1) is 11.3. The van der Waals surface area contributed by atoms with Gasteiger partial charge in [0.05, 0.1) is 0 Å². The molecule has 0 aliphatic rings. The van der Waals surface area contributed by atoms with Crippen LogP contribution in [-0.2, 0) is 0 Å². The highest BCUT2D eigenvalue weighted by molar-refractivity contribution is 6.31. The third kappa shape index (κ3) is 2.19. The van der Waals surface area contributed by atoms with Crippen molar-refractivity contribution in [3.8, 4) is 0 Å². The summed E-state index contributed by atoms with van der Waals surface area (Å²) in [6.45, 7) is 1.52. The van der Waals surface area contributed by atoms with Crippen molar-refractivity contribution in [3.05, 3.63) is 34.3 Å². The van der Waals surface area contributed by atoms with E-state index in [9.17, 15) is 13.2 Å².